The summed E-state index contributed by atoms with van der Waals surface area (Å²) in [5.74, 6) is 0.688. The number of amides is 1. The molecule has 0 bridgehead atoms. The van der Waals surface area contributed by atoms with Crippen LogP contribution in [0.15, 0.2) is 18.2 Å². The van der Waals surface area contributed by atoms with Gasteiger partial charge in [-0.3, -0.25) is 0 Å². The van der Waals surface area contributed by atoms with E-state index < -0.39 is 6.09 Å². The fourth-order valence-corrected chi connectivity index (χ4v) is 3.01. The van der Waals surface area contributed by atoms with Crippen LogP contribution in [0.25, 0.3) is 0 Å². The van der Waals surface area contributed by atoms with E-state index in [4.69, 9.17) is 5.11 Å². The minimum atomic E-state index is -0.944. The quantitative estimate of drug-likeness (QED) is 0.773. The number of carboxylic acid groups (broad SMARTS) is 1. The standard InChI is InChI=1S/C16H23N3O2/c20-16(21)18-6-5-13-3-4-14(11-15(13)12-1-2-12)19-9-7-17-8-10-19/h3-4,11-12,17-18H,1-2,5-10H2,(H,20,21). The van der Waals surface area contributed by atoms with Gasteiger partial charge in [-0.15, -0.1) is 0 Å². The molecule has 3 rings (SSSR count). The van der Waals surface area contributed by atoms with Crippen LogP contribution in [0.1, 0.15) is 29.9 Å². The van der Waals surface area contributed by atoms with E-state index in [0.717, 1.165) is 32.6 Å². The van der Waals surface area contributed by atoms with E-state index in [0.29, 0.717) is 12.5 Å². The molecule has 2 aliphatic rings. The Labute approximate surface area is 125 Å². The molecular weight excluding hydrogens is 266 g/mol. The molecule has 1 saturated carbocycles. The molecule has 2 fully saturated rings. The van der Waals surface area contributed by atoms with Gasteiger partial charge in [0.25, 0.3) is 0 Å². The second kappa shape index (κ2) is 6.35. The van der Waals surface area contributed by atoms with E-state index in [1.54, 1.807) is 0 Å². The third kappa shape index (κ3) is 3.67. The fourth-order valence-electron chi connectivity index (χ4n) is 3.01. The van der Waals surface area contributed by atoms with Crippen molar-refractivity contribution in [2.24, 2.45) is 0 Å². The first-order valence-corrected chi connectivity index (χ1v) is 7.79. The molecule has 1 aromatic rings. The minimum absolute atomic E-state index is 0.488. The van der Waals surface area contributed by atoms with Crippen LogP contribution in [0.2, 0.25) is 0 Å². The zero-order chi connectivity index (χ0) is 14.7. The Morgan fingerprint density at radius 3 is 2.76 bits per heavy atom. The first-order chi connectivity index (χ1) is 10.2. The zero-order valence-corrected chi connectivity index (χ0v) is 12.3. The van der Waals surface area contributed by atoms with Crippen molar-refractivity contribution in [2.45, 2.75) is 25.2 Å². The van der Waals surface area contributed by atoms with Gasteiger partial charge in [0.2, 0.25) is 0 Å². The van der Waals surface area contributed by atoms with Crippen molar-refractivity contribution in [1.29, 1.82) is 0 Å². The summed E-state index contributed by atoms with van der Waals surface area (Å²) in [7, 11) is 0. The van der Waals surface area contributed by atoms with Crippen molar-refractivity contribution < 1.29 is 9.90 Å². The molecule has 5 heteroatoms. The first kappa shape index (κ1) is 14.2. The lowest BCUT2D eigenvalue weighted by atomic mass is 9.99. The van der Waals surface area contributed by atoms with Gasteiger partial charge in [-0.2, -0.15) is 0 Å². The molecule has 3 N–H and O–H groups in total. The van der Waals surface area contributed by atoms with E-state index >= 15 is 0 Å². The summed E-state index contributed by atoms with van der Waals surface area (Å²) in [6.07, 6.45) is 2.37. The monoisotopic (exact) mass is 289 g/mol. The van der Waals surface area contributed by atoms with Gasteiger partial charge in [-0.05, 0) is 48.4 Å². The van der Waals surface area contributed by atoms with Crippen LogP contribution in [-0.4, -0.2) is 43.9 Å². The Hall–Kier alpha value is -1.75. The molecule has 1 saturated heterocycles. The van der Waals surface area contributed by atoms with Gasteiger partial charge in [0.15, 0.2) is 0 Å². The molecule has 0 unspecified atom stereocenters. The Kier molecular flexibility index (Phi) is 4.29. The molecule has 1 amide bonds. The SMILES string of the molecule is O=C(O)NCCc1ccc(N2CCNCC2)cc1C1CC1. The molecule has 0 aromatic heterocycles. The smallest absolute Gasteiger partial charge is 0.404 e. The maximum atomic E-state index is 10.6. The molecule has 114 valence electrons. The average molecular weight is 289 g/mol. The van der Waals surface area contributed by atoms with Crippen LogP contribution in [0, 0.1) is 0 Å². The van der Waals surface area contributed by atoms with Crippen LogP contribution in [0.4, 0.5) is 10.5 Å². The summed E-state index contributed by atoms with van der Waals surface area (Å²) in [5.41, 5.74) is 4.04. The summed E-state index contributed by atoms with van der Waals surface area (Å²) in [6.45, 7) is 4.70. The number of nitrogens with zero attached hydrogens (tertiary/aromatic N) is 1. The number of hydrogen-bond donors (Lipinski definition) is 3. The van der Waals surface area contributed by atoms with Crippen LogP contribution in [0.5, 0.6) is 0 Å². The maximum Gasteiger partial charge on any atom is 0.404 e. The summed E-state index contributed by atoms with van der Waals surface area (Å²) in [5, 5.41) is 14.5. The van der Waals surface area contributed by atoms with Gasteiger partial charge in [0, 0.05) is 38.4 Å². The Morgan fingerprint density at radius 1 is 1.33 bits per heavy atom. The summed E-state index contributed by atoms with van der Waals surface area (Å²) >= 11 is 0. The lowest BCUT2D eigenvalue weighted by Gasteiger charge is -2.30. The predicted octanol–water partition coefficient (Wildman–Crippen LogP) is 1.78. The number of carbonyl (C=O) groups is 1. The van der Waals surface area contributed by atoms with Gasteiger partial charge in [-0.1, -0.05) is 6.07 Å². The van der Waals surface area contributed by atoms with E-state index in [9.17, 15) is 4.79 Å². The molecule has 1 aliphatic heterocycles. The first-order valence-electron chi connectivity index (χ1n) is 7.79. The van der Waals surface area contributed by atoms with E-state index in [-0.39, 0.29) is 0 Å². The van der Waals surface area contributed by atoms with Crippen LogP contribution in [0.3, 0.4) is 0 Å². The van der Waals surface area contributed by atoms with Crippen LogP contribution in [-0.2, 0) is 6.42 Å². The summed E-state index contributed by atoms with van der Waals surface area (Å²) in [6, 6.07) is 6.71. The van der Waals surface area contributed by atoms with E-state index in [1.807, 2.05) is 0 Å². The largest absolute Gasteiger partial charge is 0.465 e. The van der Waals surface area contributed by atoms with Crippen molar-refractivity contribution >= 4 is 11.8 Å². The Balaban J connectivity index is 1.72. The fraction of sp³-hybridized carbons (Fsp3) is 0.562. The highest BCUT2D eigenvalue weighted by Crippen LogP contribution is 2.43. The van der Waals surface area contributed by atoms with Crippen molar-refractivity contribution in [2.75, 3.05) is 37.6 Å². The topological polar surface area (TPSA) is 64.6 Å². The number of rotatable bonds is 5. The molecule has 5 nitrogen and oxygen atoms in total. The normalized spacial score (nSPS) is 18.6. The minimum Gasteiger partial charge on any atom is -0.465 e. The van der Waals surface area contributed by atoms with Crippen molar-refractivity contribution in [3.63, 3.8) is 0 Å². The third-order valence-electron chi connectivity index (χ3n) is 4.30. The second-order valence-electron chi connectivity index (χ2n) is 5.88. The highest BCUT2D eigenvalue weighted by molar-refractivity contribution is 5.64. The van der Waals surface area contributed by atoms with E-state index in [2.05, 4.69) is 33.7 Å². The summed E-state index contributed by atoms with van der Waals surface area (Å²) in [4.78, 5) is 13.0. The van der Waals surface area contributed by atoms with Gasteiger partial charge >= 0.3 is 6.09 Å². The average Bonchev–Trinajstić information content (AvgIpc) is 3.33. The number of benzene rings is 1. The molecule has 1 aromatic carbocycles. The Morgan fingerprint density at radius 2 is 2.10 bits per heavy atom. The highest BCUT2D eigenvalue weighted by Gasteiger charge is 2.26. The molecule has 0 radical (unpaired) electrons. The second-order valence-corrected chi connectivity index (χ2v) is 5.88. The van der Waals surface area contributed by atoms with Gasteiger partial charge in [0.1, 0.15) is 0 Å². The lowest BCUT2D eigenvalue weighted by molar-refractivity contribution is 0.194. The molecule has 0 spiro atoms. The maximum absolute atomic E-state index is 10.6. The van der Waals surface area contributed by atoms with Crippen molar-refractivity contribution in [3.8, 4) is 0 Å². The molecule has 21 heavy (non-hydrogen) atoms. The third-order valence-corrected chi connectivity index (χ3v) is 4.30. The van der Waals surface area contributed by atoms with Gasteiger partial charge in [-0.25, -0.2) is 4.79 Å². The van der Waals surface area contributed by atoms with Crippen molar-refractivity contribution in [3.05, 3.63) is 29.3 Å². The van der Waals surface area contributed by atoms with Crippen LogP contribution >= 0.6 is 0 Å². The molecule has 1 aliphatic carbocycles. The van der Waals surface area contributed by atoms with Crippen molar-refractivity contribution in [1.82, 2.24) is 10.6 Å². The zero-order valence-electron chi connectivity index (χ0n) is 12.3. The Bertz CT molecular complexity index is 508. The molecule has 1 heterocycles. The number of piperazine rings is 1. The highest BCUT2D eigenvalue weighted by atomic mass is 16.4. The van der Waals surface area contributed by atoms with Crippen LogP contribution < -0.4 is 15.5 Å². The van der Waals surface area contributed by atoms with E-state index in [1.165, 1.54) is 29.7 Å². The number of hydrogen-bond acceptors (Lipinski definition) is 3. The predicted molar refractivity (Wildman–Crippen MR) is 83.2 cm³/mol. The number of anilines is 1. The molecular formula is C16H23N3O2. The van der Waals surface area contributed by atoms with Gasteiger partial charge < -0.3 is 20.6 Å². The lowest BCUT2D eigenvalue weighted by Crippen LogP contribution is -2.43. The van der Waals surface area contributed by atoms with Gasteiger partial charge in [0.05, 0.1) is 0 Å². The number of nitrogens with one attached hydrogen (secondary N) is 2. The molecule has 0 atom stereocenters. The summed E-state index contributed by atoms with van der Waals surface area (Å²) < 4.78 is 0.